The molecular weight excluding hydrogens is 294 g/mol. The molecule has 1 aromatic carbocycles. The van der Waals surface area contributed by atoms with E-state index in [4.69, 9.17) is 11.6 Å². The van der Waals surface area contributed by atoms with Crippen LogP contribution in [0.2, 0.25) is 0 Å². The highest BCUT2D eigenvalue weighted by molar-refractivity contribution is 7.91. The first-order chi connectivity index (χ1) is 9.45. The van der Waals surface area contributed by atoms with Crippen LogP contribution in [-0.2, 0) is 9.84 Å². The molecule has 0 N–H and O–H groups in total. The summed E-state index contributed by atoms with van der Waals surface area (Å²) in [5, 5.41) is 0.186. The van der Waals surface area contributed by atoms with Gasteiger partial charge in [0, 0.05) is 18.5 Å². The molecule has 0 spiro atoms. The van der Waals surface area contributed by atoms with E-state index in [1.165, 1.54) is 0 Å². The van der Waals surface area contributed by atoms with Crippen LogP contribution < -0.4 is 4.90 Å². The second kappa shape index (κ2) is 6.35. The Balaban J connectivity index is 2.34. The summed E-state index contributed by atoms with van der Waals surface area (Å²) in [6.45, 7) is 5.64. The average Bonchev–Trinajstić information content (AvgIpc) is 2.42. The van der Waals surface area contributed by atoms with E-state index in [0.717, 1.165) is 25.2 Å². The lowest BCUT2D eigenvalue weighted by Gasteiger charge is -2.36. The average molecular weight is 316 g/mol. The summed E-state index contributed by atoms with van der Waals surface area (Å²) in [4.78, 5) is 2.62. The molecule has 1 aromatic rings. The van der Waals surface area contributed by atoms with Crippen LogP contribution in [0.4, 0.5) is 5.69 Å². The molecule has 3 nitrogen and oxygen atoms in total. The van der Waals surface area contributed by atoms with Gasteiger partial charge in [0.1, 0.15) is 0 Å². The van der Waals surface area contributed by atoms with Crippen LogP contribution in [0.5, 0.6) is 0 Å². The molecule has 1 heterocycles. The highest BCUT2D eigenvalue weighted by Gasteiger charge is 2.27. The summed E-state index contributed by atoms with van der Waals surface area (Å²) in [5.41, 5.74) is 0.830. The van der Waals surface area contributed by atoms with Gasteiger partial charge in [0.15, 0.2) is 9.84 Å². The largest absolute Gasteiger partial charge is 0.370 e. The summed E-state index contributed by atoms with van der Waals surface area (Å²) in [5.74, 6) is 0.568. The Morgan fingerprint density at radius 1 is 1.35 bits per heavy atom. The van der Waals surface area contributed by atoms with Crippen molar-refractivity contribution in [1.29, 1.82) is 0 Å². The Morgan fingerprint density at radius 2 is 2.05 bits per heavy atom. The second-order valence-corrected chi connectivity index (χ2v) is 8.15. The normalized spacial score (nSPS) is 23.9. The maximum atomic E-state index is 12.4. The van der Waals surface area contributed by atoms with E-state index in [-0.39, 0.29) is 11.1 Å². The van der Waals surface area contributed by atoms with E-state index in [9.17, 15) is 8.42 Å². The van der Waals surface area contributed by atoms with Crippen molar-refractivity contribution in [2.24, 2.45) is 5.92 Å². The molecule has 20 heavy (non-hydrogen) atoms. The first kappa shape index (κ1) is 15.6. The van der Waals surface area contributed by atoms with E-state index in [0.29, 0.717) is 17.2 Å². The van der Waals surface area contributed by atoms with E-state index < -0.39 is 9.84 Å². The highest BCUT2D eigenvalue weighted by atomic mass is 35.5. The minimum absolute atomic E-state index is 0.186. The van der Waals surface area contributed by atoms with E-state index >= 15 is 0 Å². The van der Waals surface area contributed by atoms with Gasteiger partial charge in [-0.2, -0.15) is 0 Å². The quantitative estimate of drug-likeness (QED) is 0.800. The van der Waals surface area contributed by atoms with Gasteiger partial charge in [0.2, 0.25) is 0 Å². The predicted molar refractivity (Wildman–Crippen MR) is 84.4 cm³/mol. The third-order valence-corrected chi connectivity index (χ3v) is 6.42. The molecule has 2 atom stereocenters. The van der Waals surface area contributed by atoms with Crippen molar-refractivity contribution < 1.29 is 8.42 Å². The first-order valence-electron chi connectivity index (χ1n) is 7.16. The molecule has 0 radical (unpaired) electrons. The maximum absolute atomic E-state index is 12.4. The van der Waals surface area contributed by atoms with Crippen LogP contribution in [0.3, 0.4) is 0 Å². The van der Waals surface area contributed by atoms with Crippen molar-refractivity contribution in [2.75, 3.05) is 23.7 Å². The standard InChI is InChI=1S/C15H22ClNO2S/c1-3-10-20(18,19)15-7-5-4-6-14(15)17-9-8-13(16)12(2)11-17/h4-7,12-13H,3,8-11H2,1-2H3. The van der Waals surface area contributed by atoms with Gasteiger partial charge in [-0.1, -0.05) is 26.0 Å². The summed E-state index contributed by atoms with van der Waals surface area (Å²) in [7, 11) is -3.20. The molecule has 1 aliphatic rings. The van der Waals surface area contributed by atoms with Crippen molar-refractivity contribution in [3.8, 4) is 0 Å². The van der Waals surface area contributed by atoms with E-state index in [1.807, 2.05) is 19.1 Å². The van der Waals surface area contributed by atoms with E-state index in [1.54, 1.807) is 12.1 Å². The number of piperidine rings is 1. The molecule has 0 amide bonds. The Kier molecular flexibility index (Phi) is 4.97. The summed E-state index contributed by atoms with van der Waals surface area (Å²) in [6.07, 6.45) is 1.53. The van der Waals surface area contributed by atoms with Gasteiger partial charge in [-0.3, -0.25) is 0 Å². The van der Waals surface area contributed by atoms with Gasteiger partial charge >= 0.3 is 0 Å². The zero-order chi connectivity index (χ0) is 14.8. The smallest absolute Gasteiger partial charge is 0.180 e. The molecule has 1 saturated heterocycles. The molecule has 0 bridgehead atoms. The molecule has 1 fully saturated rings. The molecule has 0 aromatic heterocycles. The third-order valence-electron chi connectivity index (χ3n) is 3.81. The Labute approximate surface area is 126 Å². The molecule has 0 aliphatic carbocycles. The van der Waals surface area contributed by atoms with Gasteiger partial charge in [-0.15, -0.1) is 11.6 Å². The number of anilines is 1. The van der Waals surface area contributed by atoms with Crippen LogP contribution in [-0.4, -0.2) is 32.6 Å². The minimum atomic E-state index is -3.20. The zero-order valence-electron chi connectivity index (χ0n) is 12.0. The van der Waals surface area contributed by atoms with Gasteiger partial charge in [-0.25, -0.2) is 8.42 Å². The van der Waals surface area contributed by atoms with Crippen LogP contribution in [0.15, 0.2) is 29.2 Å². The summed E-state index contributed by atoms with van der Waals surface area (Å²) >= 11 is 6.25. The van der Waals surface area contributed by atoms with Crippen LogP contribution >= 0.6 is 11.6 Å². The van der Waals surface area contributed by atoms with Crippen molar-refractivity contribution in [2.45, 2.75) is 37.0 Å². The fourth-order valence-electron chi connectivity index (χ4n) is 2.70. The lowest BCUT2D eigenvalue weighted by atomic mass is 9.99. The Hall–Kier alpha value is -0.740. The van der Waals surface area contributed by atoms with Gasteiger partial charge in [0.25, 0.3) is 0 Å². The topological polar surface area (TPSA) is 37.4 Å². The fourth-order valence-corrected chi connectivity index (χ4v) is 4.43. The third kappa shape index (κ3) is 3.29. The number of rotatable bonds is 4. The molecule has 0 saturated carbocycles. The van der Waals surface area contributed by atoms with Gasteiger partial charge < -0.3 is 4.90 Å². The molecule has 5 heteroatoms. The predicted octanol–water partition coefficient (Wildman–Crippen LogP) is 3.32. The SMILES string of the molecule is CCCS(=O)(=O)c1ccccc1N1CCC(Cl)C(C)C1. The minimum Gasteiger partial charge on any atom is -0.370 e. The van der Waals surface area contributed by atoms with Crippen LogP contribution in [0.1, 0.15) is 26.7 Å². The number of sulfone groups is 1. The Morgan fingerprint density at radius 3 is 2.70 bits per heavy atom. The maximum Gasteiger partial charge on any atom is 0.180 e. The fraction of sp³-hybridized carbons (Fsp3) is 0.600. The van der Waals surface area contributed by atoms with Crippen molar-refractivity contribution in [3.63, 3.8) is 0 Å². The molecule has 2 unspecified atom stereocenters. The number of hydrogen-bond acceptors (Lipinski definition) is 3. The number of benzene rings is 1. The number of alkyl halides is 1. The molecule has 1 aliphatic heterocycles. The summed E-state index contributed by atoms with van der Waals surface area (Å²) in [6, 6.07) is 7.32. The van der Waals surface area contributed by atoms with Crippen LogP contribution in [0.25, 0.3) is 0 Å². The van der Waals surface area contributed by atoms with Crippen molar-refractivity contribution in [3.05, 3.63) is 24.3 Å². The molecule has 112 valence electrons. The summed E-state index contributed by atoms with van der Waals surface area (Å²) < 4.78 is 24.8. The van der Waals surface area contributed by atoms with Crippen LogP contribution in [0, 0.1) is 5.92 Å². The number of nitrogens with zero attached hydrogens (tertiary/aromatic N) is 1. The highest BCUT2D eigenvalue weighted by Crippen LogP contribution is 2.31. The molecular formula is C15H22ClNO2S. The lowest BCUT2D eigenvalue weighted by molar-refractivity contribution is 0.453. The van der Waals surface area contributed by atoms with Crippen molar-refractivity contribution in [1.82, 2.24) is 0 Å². The monoisotopic (exact) mass is 315 g/mol. The number of hydrogen-bond donors (Lipinski definition) is 0. The van der Waals surface area contributed by atoms with Gasteiger partial charge in [-0.05, 0) is 30.9 Å². The van der Waals surface area contributed by atoms with E-state index in [2.05, 4.69) is 11.8 Å². The Bertz CT molecular complexity index is 559. The van der Waals surface area contributed by atoms with Crippen molar-refractivity contribution >= 4 is 27.1 Å². The lowest BCUT2D eigenvalue weighted by Crippen LogP contribution is -2.40. The number of para-hydroxylation sites is 1. The first-order valence-corrected chi connectivity index (χ1v) is 9.25. The second-order valence-electron chi connectivity index (χ2n) is 5.51. The zero-order valence-corrected chi connectivity index (χ0v) is 13.6. The molecule has 2 rings (SSSR count). The number of halogens is 1. The van der Waals surface area contributed by atoms with Gasteiger partial charge in [0.05, 0.1) is 16.3 Å².